The molecule has 0 saturated carbocycles. The van der Waals surface area contributed by atoms with Crippen LogP contribution in [0.5, 0.6) is 5.75 Å². The van der Waals surface area contributed by atoms with Gasteiger partial charge >= 0.3 is 12.1 Å². The van der Waals surface area contributed by atoms with Crippen molar-refractivity contribution in [1.29, 1.82) is 0 Å². The number of methoxy groups -OCH3 is 1. The molecule has 0 unspecified atom stereocenters. The minimum Gasteiger partial charge on any atom is -0.542 e. The number of nitrogens with zero attached hydrogens (tertiary/aromatic N) is 1. The lowest BCUT2D eigenvalue weighted by Crippen LogP contribution is -2.74. The van der Waals surface area contributed by atoms with Crippen molar-refractivity contribution in [2.45, 2.75) is 51.1 Å². The van der Waals surface area contributed by atoms with Gasteiger partial charge in [0.25, 0.3) is 5.91 Å². The number of alkyl halides is 3. The number of rotatable bonds is 9. The Bertz CT molecular complexity index is 1000. The first-order chi connectivity index (χ1) is 17.2. The third-order valence-electron chi connectivity index (χ3n) is 5.11. The van der Waals surface area contributed by atoms with E-state index in [1.54, 1.807) is 12.0 Å². The van der Waals surface area contributed by atoms with Gasteiger partial charge in [0.15, 0.2) is 0 Å². The summed E-state index contributed by atoms with van der Waals surface area (Å²) in [6, 6.07) is 6.18. The quantitative estimate of drug-likeness (QED) is 0.372. The van der Waals surface area contributed by atoms with E-state index in [4.69, 9.17) is 19.4 Å². The number of carbonyl (C=O) groups excluding carboxylic acids is 3. The van der Waals surface area contributed by atoms with E-state index in [1.807, 2.05) is 31.2 Å². The fourth-order valence-electron chi connectivity index (χ4n) is 3.46. The Morgan fingerprint density at radius 1 is 1.22 bits per heavy atom. The molecule has 2 amide bonds. The maximum absolute atomic E-state index is 13.3. The van der Waals surface area contributed by atoms with Crippen LogP contribution in [0.1, 0.15) is 25.8 Å². The minimum atomic E-state index is -5.19. The van der Waals surface area contributed by atoms with E-state index in [-0.39, 0.29) is 17.6 Å². The number of carboxylic acids is 2. The Morgan fingerprint density at radius 2 is 1.81 bits per heavy atom. The molecule has 0 saturated heterocycles. The minimum absolute atomic E-state index is 0.337. The number of carbonyl (C=O) groups is 4. The molecule has 0 spiro atoms. The Morgan fingerprint density at radius 3 is 2.30 bits per heavy atom. The predicted molar refractivity (Wildman–Crippen MR) is 120 cm³/mol. The third-order valence-corrected chi connectivity index (χ3v) is 5.11. The van der Waals surface area contributed by atoms with Crippen LogP contribution in [0.3, 0.4) is 0 Å². The van der Waals surface area contributed by atoms with Gasteiger partial charge in [-0.3, -0.25) is 9.59 Å². The SMILES string of the molecule is CCCN(CCc1ccccc1OC)C(=O)[C@@H]1OC(C(=O)O)=C[C@H]([NH3+])[C@H]1NC(C)=O.O=C([O-])C(F)(F)F. The van der Waals surface area contributed by atoms with E-state index in [0.29, 0.717) is 25.9 Å². The summed E-state index contributed by atoms with van der Waals surface area (Å²) in [4.78, 5) is 46.8. The summed E-state index contributed by atoms with van der Waals surface area (Å²) >= 11 is 0. The molecule has 3 atom stereocenters. The number of amides is 2. The van der Waals surface area contributed by atoms with Crippen molar-refractivity contribution in [3.63, 3.8) is 0 Å². The van der Waals surface area contributed by atoms with Gasteiger partial charge in [-0.2, -0.15) is 13.2 Å². The summed E-state index contributed by atoms with van der Waals surface area (Å²) in [6.45, 7) is 4.14. The first-order valence-electron chi connectivity index (χ1n) is 11.1. The van der Waals surface area contributed by atoms with E-state index < -0.39 is 36.3 Å². The maximum atomic E-state index is 13.3. The van der Waals surface area contributed by atoms with Crippen LogP contribution in [-0.2, 0) is 30.3 Å². The summed E-state index contributed by atoms with van der Waals surface area (Å²) in [6.07, 6.45) is -3.78. The van der Waals surface area contributed by atoms with Crippen molar-refractivity contribution in [3.05, 3.63) is 41.7 Å². The van der Waals surface area contributed by atoms with Gasteiger partial charge in [0.05, 0.1) is 7.11 Å². The average Bonchev–Trinajstić information content (AvgIpc) is 2.82. The number of hydrogen-bond donors (Lipinski definition) is 3. The number of para-hydroxylation sites is 1. The molecule has 206 valence electrons. The zero-order valence-corrected chi connectivity index (χ0v) is 20.5. The van der Waals surface area contributed by atoms with Gasteiger partial charge < -0.3 is 40.4 Å². The molecule has 0 fully saturated rings. The van der Waals surface area contributed by atoms with Gasteiger partial charge in [0.2, 0.25) is 17.8 Å². The van der Waals surface area contributed by atoms with Gasteiger partial charge in [-0.1, -0.05) is 25.1 Å². The molecule has 11 nitrogen and oxygen atoms in total. The zero-order chi connectivity index (χ0) is 28.3. The van der Waals surface area contributed by atoms with E-state index in [1.165, 1.54) is 13.0 Å². The highest BCUT2D eigenvalue weighted by Crippen LogP contribution is 2.21. The first-order valence-corrected chi connectivity index (χ1v) is 11.1. The lowest BCUT2D eigenvalue weighted by Gasteiger charge is -2.35. The van der Waals surface area contributed by atoms with Gasteiger partial charge in [-0.05, 0) is 24.5 Å². The molecule has 14 heteroatoms. The van der Waals surface area contributed by atoms with Crippen LogP contribution < -0.4 is 20.9 Å². The summed E-state index contributed by atoms with van der Waals surface area (Å²) in [7, 11) is 1.59. The highest BCUT2D eigenvalue weighted by molar-refractivity contribution is 5.88. The van der Waals surface area contributed by atoms with Crippen molar-refractivity contribution in [2.24, 2.45) is 0 Å². The summed E-state index contributed by atoms with van der Waals surface area (Å²) < 4.78 is 42.4. The summed E-state index contributed by atoms with van der Waals surface area (Å²) in [5.41, 5.74) is 4.85. The molecule has 1 aromatic carbocycles. The topological polar surface area (TPSA) is 173 Å². The average molecular weight is 534 g/mol. The number of halogens is 3. The molecular weight excluding hydrogens is 503 g/mol. The van der Waals surface area contributed by atoms with Crippen molar-refractivity contribution >= 4 is 23.8 Å². The number of hydrogen-bond acceptors (Lipinski definition) is 7. The molecule has 37 heavy (non-hydrogen) atoms. The second-order valence-electron chi connectivity index (χ2n) is 7.94. The molecule has 0 aliphatic carbocycles. The molecular formula is C23H30F3N3O8. The Balaban J connectivity index is 0.000000856. The molecule has 1 aromatic rings. The molecule has 0 aromatic heterocycles. The van der Waals surface area contributed by atoms with Crippen LogP contribution in [0, 0.1) is 0 Å². The molecule has 5 N–H and O–H groups in total. The second-order valence-corrected chi connectivity index (χ2v) is 7.94. The third kappa shape index (κ3) is 9.63. The van der Waals surface area contributed by atoms with Crippen LogP contribution in [0.4, 0.5) is 13.2 Å². The van der Waals surface area contributed by atoms with Crippen molar-refractivity contribution in [3.8, 4) is 5.75 Å². The van der Waals surface area contributed by atoms with Gasteiger partial charge in [-0.15, -0.1) is 0 Å². The van der Waals surface area contributed by atoms with Crippen LogP contribution >= 0.6 is 0 Å². The lowest BCUT2D eigenvalue weighted by molar-refractivity contribution is -0.414. The Kier molecular flexibility index (Phi) is 11.9. The number of quaternary nitrogens is 1. The monoisotopic (exact) mass is 533 g/mol. The van der Waals surface area contributed by atoms with Crippen molar-refractivity contribution in [2.75, 3.05) is 20.2 Å². The number of carboxylic acid groups (broad SMARTS) is 2. The van der Waals surface area contributed by atoms with E-state index in [2.05, 4.69) is 11.1 Å². The standard InChI is InChI=1S/C21H29N3O6.C2HF3O2/c1-4-10-24(11-9-14-7-5-6-8-16(14)29-3)20(26)19-18(23-13(2)25)15(22)12-17(30-19)21(27)28;3-2(4,5)1(6)7/h5-8,12,15,18-19H,4,9-11,22H2,1-3H3,(H,23,25)(H,27,28);(H,6,7)/t15-,18+,19+;/m0./s1. The van der Waals surface area contributed by atoms with Crippen LogP contribution in [-0.4, -0.2) is 78.3 Å². The highest BCUT2D eigenvalue weighted by atomic mass is 19.4. The molecule has 0 radical (unpaired) electrons. The summed E-state index contributed by atoms with van der Waals surface area (Å²) in [5.74, 6) is -4.62. The largest absolute Gasteiger partial charge is 0.542 e. The molecule has 1 aliphatic heterocycles. The highest BCUT2D eigenvalue weighted by Gasteiger charge is 2.43. The van der Waals surface area contributed by atoms with Crippen LogP contribution in [0.2, 0.25) is 0 Å². The zero-order valence-electron chi connectivity index (χ0n) is 20.5. The molecule has 0 bridgehead atoms. The first kappa shape index (κ1) is 31.2. The Hall–Kier alpha value is -3.81. The van der Waals surface area contributed by atoms with Crippen molar-refractivity contribution < 1.29 is 57.8 Å². The number of aliphatic carboxylic acids is 2. The number of nitrogens with one attached hydrogen (secondary N) is 1. The maximum Gasteiger partial charge on any atom is 0.430 e. The Labute approximate surface area is 211 Å². The van der Waals surface area contributed by atoms with Gasteiger partial charge in [-0.25, -0.2) is 4.79 Å². The number of ether oxygens (including phenoxy) is 2. The van der Waals surface area contributed by atoms with Gasteiger partial charge in [0.1, 0.15) is 23.8 Å². The normalized spacial score (nSPS) is 18.8. The lowest BCUT2D eigenvalue weighted by atomic mass is 9.97. The van der Waals surface area contributed by atoms with E-state index in [0.717, 1.165) is 11.3 Å². The smallest absolute Gasteiger partial charge is 0.430 e. The summed E-state index contributed by atoms with van der Waals surface area (Å²) in [5, 5.41) is 20.8. The van der Waals surface area contributed by atoms with E-state index in [9.17, 15) is 32.7 Å². The van der Waals surface area contributed by atoms with Gasteiger partial charge in [0, 0.05) is 26.1 Å². The molecule has 1 aliphatic rings. The number of benzene rings is 1. The predicted octanol–water partition coefficient (Wildman–Crippen LogP) is -0.743. The fraction of sp³-hybridized carbons (Fsp3) is 0.478. The van der Waals surface area contributed by atoms with Crippen LogP contribution in [0.25, 0.3) is 0 Å². The van der Waals surface area contributed by atoms with Crippen LogP contribution in [0.15, 0.2) is 36.1 Å². The second kappa shape index (κ2) is 14.1. The fourth-order valence-corrected chi connectivity index (χ4v) is 3.46. The molecule has 1 heterocycles. The molecule has 2 rings (SSSR count). The van der Waals surface area contributed by atoms with Crippen molar-refractivity contribution in [1.82, 2.24) is 10.2 Å². The van der Waals surface area contributed by atoms with E-state index >= 15 is 0 Å².